The van der Waals surface area contributed by atoms with E-state index in [1.165, 1.54) is 9.21 Å². The number of piperazine rings is 1. The Kier molecular flexibility index (Phi) is 5.95. The average Bonchev–Trinajstić information content (AvgIpc) is 2.67. The number of benzene rings is 2. The van der Waals surface area contributed by atoms with Crippen LogP contribution in [0.2, 0.25) is 0 Å². The van der Waals surface area contributed by atoms with Gasteiger partial charge in [-0.1, -0.05) is 46.3 Å². The molecule has 138 valence electrons. The van der Waals surface area contributed by atoms with Gasteiger partial charge in [-0.2, -0.15) is 4.31 Å². The molecule has 1 fully saturated rings. The van der Waals surface area contributed by atoms with E-state index in [1.54, 1.807) is 24.3 Å². The molecule has 1 aliphatic heterocycles. The Morgan fingerprint density at radius 3 is 2.19 bits per heavy atom. The first-order valence-corrected chi connectivity index (χ1v) is 10.4. The molecule has 1 amide bonds. The highest BCUT2D eigenvalue weighted by molar-refractivity contribution is 9.10. The van der Waals surface area contributed by atoms with Gasteiger partial charge in [0.1, 0.15) is 6.61 Å². The van der Waals surface area contributed by atoms with Crippen LogP contribution >= 0.6 is 15.9 Å². The largest absolute Gasteiger partial charge is 0.445 e. The number of nitrogens with zero attached hydrogens (tertiary/aromatic N) is 2. The summed E-state index contributed by atoms with van der Waals surface area (Å²) in [7, 11) is -3.55. The maximum atomic E-state index is 12.7. The molecule has 2 aromatic rings. The summed E-state index contributed by atoms with van der Waals surface area (Å²) in [5, 5.41) is 0. The number of ether oxygens (including phenoxy) is 1. The SMILES string of the molecule is O=C(OCc1ccccc1)N1CCN(S(=O)(=O)c2ccc(Br)cc2)CC1. The van der Waals surface area contributed by atoms with Crippen LogP contribution in [0.4, 0.5) is 4.79 Å². The zero-order chi connectivity index (χ0) is 18.6. The lowest BCUT2D eigenvalue weighted by Gasteiger charge is -2.33. The maximum absolute atomic E-state index is 12.7. The number of hydrogen-bond acceptors (Lipinski definition) is 4. The standard InChI is InChI=1S/C18H19BrN2O4S/c19-16-6-8-17(9-7-16)26(23,24)21-12-10-20(11-13-21)18(22)25-14-15-4-2-1-3-5-15/h1-9H,10-14H2. The molecule has 0 bridgehead atoms. The first kappa shape index (κ1) is 18.9. The summed E-state index contributed by atoms with van der Waals surface area (Å²) in [5.74, 6) is 0. The predicted molar refractivity (Wildman–Crippen MR) is 101 cm³/mol. The van der Waals surface area contributed by atoms with Crippen LogP contribution in [0.5, 0.6) is 0 Å². The zero-order valence-electron chi connectivity index (χ0n) is 14.0. The van der Waals surface area contributed by atoms with E-state index in [4.69, 9.17) is 4.74 Å². The zero-order valence-corrected chi connectivity index (χ0v) is 16.4. The summed E-state index contributed by atoms with van der Waals surface area (Å²) in [5.41, 5.74) is 0.914. The summed E-state index contributed by atoms with van der Waals surface area (Å²) in [6.45, 7) is 1.32. The molecule has 0 spiro atoms. The Morgan fingerprint density at radius 2 is 1.58 bits per heavy atom. The van der Waals surface area contributed by atoms with Crippen molar-refractivity contribution >= 4 is 32.0 Å². The van der Waals surface area contributed by atoms with E-state index in [-0.39, 0.29) is 24.6 Å². The minimum atomic E-state index is -3.55. The second-order valence-electron chi connectivity index (χ2n) is 5.89. The van der Waals surface area contributed by atoms with Gasteiger partial charge in [0, 0.05) is 30.7 Å². The van der Waals surface area contributed by atoms with Crippen LogP contribution in [0.25, 0.3) is 0 Å². The number of carbonyl (C=O) groups is 1. The summed E-state index contributed by atoms with van der Waals surface area (Å²) < 4.78 is 32.8. The van der Waals surface area contributed by atoms with Gasteiger partial charge >= 0.3 is 6.09 Å². The molecular weight excluding hydrogens is 420 g/mol. The molecule has 1 saturated heterocycles. The summed E-state index contributed by atoms with van der Waals surface area (Å²) >= 11 is 3.30. The second kappa shape index (κ2) is 8.20. The third-order valence-corrected chi connectivity index (χ3v) is 6.59. The third-order valence-electron chi connectivity index (χ3n) is 4.15. The Hall–Kier alpha value is -1.90. The number of sulfonamides is 1. The topological polar surface area (TPSA) is 66.9 Å². The van der Waals surface area contributed by atoms with Crippen molar-refractivity contribution in [2.45, 2.75) is 11.5 Å². The fourth-order valence-corrected chi connectivity index (χ4v) is 4.36. The summed E-state index contributed by atoms with van der Waals surface area (Å²) in [4.78, 5) is 14.0. The number of carbonyl (C=O) groups excluding carboxylic acids is 1. The van der Waals surface area contributed by atoms with E-state index in [0.717, 1.165) is 10.0 Å². The molecule has 0 aromatic heterocycles. The molecule has 2 aromatic carbocycles. The Bertz CT molecular complexity index is 849. The lowest BCUT2D eigenvalue weighted by molar-refractivity contribution is 0.0838. The van der Waals surface area contributed by atoms with Crippen molar-refractivity contribution in [1.29, 1.82) is 0 Å². The Balaban J connectivity index is 1.55. The fourth-order valence-electron chi connectivity index (χ4n) is 2.68. The molecule has 0 saturated carbocycles. The first-order chi connectivity index (χ1) is 12.5. The molecule has 3 rings (SSSR count). The first-order valence-electron chi connectivity index (χ1n) is 8.18. The highest BCUT2D eigenvalue weighted by atomic mass is 79.9. The van der Waals surface area contributed by atoms with Gasteiger partial charge in [0.25, 0.3) is 0 Å². The maximum Gasteiger partial charge on any atom is 0.410 e. The van der Waals surface area contributed by atoms with Crippen LogP contribution in [0.1, 0.15) is 5.56 Å². The Morgan fingerprint density at radius 1 is 0.962 bits per heavy atom. The van der Waals surface area contributed by atoms with E-state index < -0.39 is 16.1 Å². The molecule has 0 unspecified atom stereocenters. The van der Waals surface area contributed by atoms with E-state index in [9.17, 15) is 13.2 Å². The Labute approximate surface area is 161 Å². The molecule has 1 heterocycles. The highest BCUT2D eigenvalue weighted by Crippen LogP contribution is 2.20. The fraction of sp³-hybridized carbons (Fsp3) is 0.278. The molecule has 8 heteroatoms. The smallest absolute Gasteiger partial charge is 0.410 e. The van der Waals surface area contributed by atoms with E-state index in [0.29, 0.717) is 13.1 Å². The van der Waals surface area contributed by atoms with Crippen LogP contribution in [0, 0.1) is 0 Å². The van der Waals surface area contributed by atoms with Crippen molar-refractivity contribution in [3.05, 3.63) is 64.6 Å². The van der Waals surface area contributed by atoms with Gasteiger partial charge in [-0.15, -0.1) is 0 Å². The molecule has 6 nitrogen and oxygen atoms in total. The van der Waals surface area contributed by atoms with Crippen LogP contribution in [0.3, 0.4) is 0 Å². The van der Waals surface area contributed by atoms with Gasteiger partial charge < -0.3 is 9.64 Å². The van der Waals surface area contributed by atoms with Crippen molar-refractivity contribution < 1.29 is 17.9 Å². The van der Waals surface area contributed by atoms with E-state index >= 15 is 0 Å². The van der Waals surface area contributed by atoms with Gasteiger partial charge in [-0.25, -0.2) is 13.2 Å². The van der Waals surface area contributed by atoms with Crippen molar-refractivity contribution in [2.75, 3.05) is 26.2 Å². The molecule has 1 aliphatic rings. The monoisotopic (exact) mass is 438 g/mol. The van der Waals surface area contributed by atoms with Crippen LogP contribution in [-0.2, 0) is 21.4 Å². The number of halogens is 1. The lowest BCUT2D eigenvalue weighted by Crippen LogP contribution is -2.50. The van der Waals surface area contributed by atoms with Gasteiger partial charge in [-0.3, -0.25) is 0 Å². The summed E-state index contributed by atoms with van der Waals surface area (Å²) in [6, 6.07) is 16.0. The number of amides is 1. The number of hydrogen-bond donors (Lipinski definition) is 0. The minimum absolute atomic E-state index is 0.205. The van der Waals surface area contributed by atoms with Crippen LogP contribution in [-0.4, -0.2) is 49.9 Å². The average molecular weight is 439 g/mol. The van der Waals surface area contributed by atoms with Gasteiger partial charge in [0.2, 0.25) is 10.0 Å². The minimum Gasteiger partial charge on any atom is -0.445 e. The normalized spacial score (nSPS) is 15.7. The molecule has 26 heavy (non-hydrogen) atoms. The van der Waals surface area contributed by atoms with Crippen LogP contribution < -0.4 is 0 Å². The van der Waals surface area contributed by atoms with Crippen molar-refractivity contribution in [3.8, 4) is 0 Å². The third kappa shape index (κ3) is 4.44. The molecule has 0 atom stereocenters. The van der Waals surface area contributed by atoms with E-state index in [2.05, 4.69) is 15.9 Å². The molecule has 0 radical (unpaired) electrons. The van der Waals surface area contributed by atoms with Crippen molar-refractivity contribution in [1.82, 2.24) is 9.21 Å². The molecule has 0 aliphatic carbocycles. The van der Waals surface area contributed by atoms with Gasteiger partial charge in [0.15, 0.2) is 0 Å². The van der Waals surface area contributed by atoms with Crippen molar-refractivity contribution in [2.24, 2.45) is 0 Å². The lowest BCUT2D eigenvalue weighted by atomic mass is 10.2. The summed E-state index contributed by atoms with van der Waals surface area (Å²) in [6.07, 6.45) is -0.422. The van der Waals surface area contributed by atoms with Crippen molar-refractivity contribution in [3.63, 3.8) is 0 Å². The van der Waals surface area contributed by atoms with Crippen LogP contribution in [0.15, 0.2) is 64.0 Å². The van der Waals surface area contributed by atoms with Gasteiger partial charge in [0.05, 0.1) is 4.90 Å². The highest BCUT2D eigenvalue weighted by Gasteiger charge is 2.30. The van der Waals surface area contributed by atoms with E-state index in [1.807, 2.05) is 30.3 Å². The number of rotatable bonds is 4. The quantitative estimate of drug-likeness (QED) is 0.735. The molecule has 0 N–H and O–H groups in total. The predicted octanol–water partition coefficient (Wildman–Crippen LogP) is 3.09. The van der Waals surface area contributed by atoms with Gasteiger partial charge in [-0.05, 0) is 29.8 Å². The molecular formula is C18H19BrN2O4S. The second-order valence-corrected chi connectivity index (χ2v) is 8.74.